The van der Waals surface area contributed by atoms with Crippen LogP contribution >= 0.6 is 0 Å². The van der Waals surface area contributed by atoms with Gasteiger partial charge < -0.3 is 13.6 Å². The summed E-state index contributed by atoms with van der Waals surface area (Å²) >= 11 is 0. The Labute approximate surface area is 470 Å². The van der Waals surface area contributed by atoms with Gasteiger partial charge in [-0.05, 0) is 153 Å². The minimum Gasteiger partial charge on any atom is -0.457 e. The van der Waals surface area contributed by atoms with Gasteiger partial charge in [0.15, 0.2) is 5.58 Å². The van der Waals surface area contributed by atoms with Crippen LogP contribution in [0.4, 0.5) is 0 Å². The van der Waals surface area contributed by atoms with Gasteiger partial charge in [-0.25, -0.2) is 15.0 Å². The van der Waals surface area contributed by atoms with E-state index >= 15 is 0 Å². The van der Waals surface area contributed by atoms with Gasteiger partial charge in [0.2, 0.25) is 5.71 Å². The number of rotatable bonds is 12. The van der Waals surface area contributed by atoms with Crippen LogP contribution in [0.5, 0.6) is 11.5 Å². The van der Waals surface area contributed by atoms with E-state index in [0.717, 1.165) is 72.3 Å². The van der Waals surface area contributed by atoms with Crippen LogP contribution in [0.15, 0.2) is 209 Å². The topological polar surface area (TPSA) is 84.0 Å². The van der Waals surface area contributed by atoms with Crippen molar-refractivity contribution in [3.8, 4) is 67.9 Å². The third-order valence-electron chi connectivity index (χ3n) is 16.0. The number of ether oxygens (including phenoxy) is 1. The van der Waals surface area contributed by atoms with Gasteiger partial charge in [-0.3, -0.25) is 9.13 Å². The first-order chi connectivity index (χ1) is 39.4. The Morgan fingerprint density at radius 3 is 1.46 bits per heavy atom. The van der Waals surface area contributed by atoms with E-state index in [1.165, 1.54) is 50.2 Å². The summed E-state index contributed by atoms with van der Waals surface area (Å²) in [4.78, 5) is 16.2. The van der Waals surface area contributed by atoms with Gasteiger partial charge in [-0.1, -0.05) is 171 Å². The highest BCUT2D eigenvalue weighted by Crippen LogP contribution is 2.47. The first kappa shape index (κ1) is 49.7. The Balaban J connectivity index is 0.984. The van der Waals surface area contributed by atoms with E-state index in [1.807, 2.05) is 30.3 Å². The third-order valence-corrected chi connectivity index (χ3v) is 16.0. The molecular formula is C73H61N5O3. The molecule has 0 aliphatic heterocycles. The Morgan fingerprint density at radius 2 is 0.877 bits per heavy atom. The lowest BCUT2D eigenvalue weighted by atomic mass is 9.88. The van der Waals surface area contributed by atoms with Crippen molar-refractivity contribution in [2.24, 2.45) is 0 Å². The summed E-state index contributed by atoms with van der Waals surface area (Å²) in [7, 11) is 0. The third kappa shape index (κ3) is 8.47. The molecule has 396 valence electrons. The minimum atomic E-state index is 0.175. The Morgan fingerprint density at radius 1 is 0.370 bits per heavy atom. The second kappa shape index (κ2) is 19.7. The van der Waals surface area contributed by atoms with Crippen molar-refractivity contribution in [1.29, 1.82) is 0 Å². The average Bonchev–Trinajstić information content (AvgIpc) is 3.81. The van der Waals surface area contributed by atoms with E-state index in [9.17, 15) is 0 Å². The maximum atomic E-state index is 7.21. The van der Waals surface area contributed by atoms with Crippen molar-refractivity contribution in [3.05, 3.63) is 222 Å². The quantitative estimate of drug-likeness (QED) is 0.121. The van der Waals surface area contributed by atoms with Gasteiger partial charge >= 0.3 is 0 Å². The first-order valence-electron chi connectivity index (χ1n) is 28.3. The molecule has 8 nitrogen and oxygen atoms in total. The lowest BCUT2D eigenvalue weighted by Crippen LogP contribution is -2.09. The second-order valence-corrected chi connectivity index (χ2v) is 22.7. The lowest BCUT2D eigenvalue weighted by molar-refractivity contribution is 0.483. The van der Waals surface area contributed by atoms with Gasteiger partial charge in [0.25, 0.3) is 0 Å². The predicted molar refractivity (Wildman–Crippen MR) is 333 cm³/mol. The summed E-state index contributed by atoms with van der Waals surface area (Å²) in [5, 5.41) is 2.65. The minimum absolute atomic E-state index is 0.175. The number of para-hydroxylation sites is 5. The number of aromatic nitrogens is 5. The summed E-state index contributed by atoms with van der Waals surface area (Å²) in [6, 6.07) is 70.4. The molecule has 14 aromatic rings. The number of benzene rings is 9. The van der Waals surface area contributed by atoms with Crippen molar-refractivity contribution in [2.45, 2.75) is 79.1 Å². The Hall–Kier alpha value is -9.53. The maximum absolute atomic E-state index is 7.21. The lowest BCUT2D eigenvalue weighted by Gasteiger charge is -2.24. The van der Waals surface area contributed by atoms with Crippen molar-refractivity contribution in [1.82, 2.24) is 24.1 Å². The fourth-order valence-corrected chi connectivity index (χ4v) is 12.1. The smallest absolute Gasteiger partial charge is 0.228 e. The van der Waals surface area contributed by atoms with Gasteiger partial charge in [-0.2, -0.15) is 0 Å². The van der Waals surface area contributed by atoms with Crippen LogP contribution in [0.2, 0.25) is 0 Å². The number of nitrogens with zero attached hydrogens (tertiary/aromatic N) is 5. The molecule has 5 aromatic heterocycles. The summed E-state index contributed by atoms with van der Waals surface area (Å²) < 4.78 is 25.5. The van der Waals surface area contributed by atoms with Crippen molar-refractivity contribution >= 4 is 66.2 Å². The fourth-order valence-electron chi connectivity index (χ4n) is 12.1. The summed E-state index contributed by atoms with van der Waals surface area (Å²) in [5.41, 5.74) is 20.8. The van der Waals surface area contributed by atoms with Crippen LogP contribution in [0.1, 0.15) is 101 Å². The number of furan rings is 2. The molecule has 0 fully saturated rings. The van der Waals surface area contributed by atoms with Crippen LogP contribution in [0, 0.1) is 0 Å². The van der Waals surface area contributed by atoms with Crippen molar-refractivity contribution in [3.63, 3.8) is 0 Å². The van der Waals surface area contributed by atoms with Crippen LogP contribution in [0.3, 0.4) is 0 Å². The van der Waals surface area contributed by atoms with Crippen LogP contribution in [-0.2, 0) is 0 Å². The zero-order chi connectivity index (χ0) is 55.2. The fraction of sp³-hybridized carbons (Fsp3) is 0.164. The van der Waals surface area contributed by atoms with Gasteiger partial charge in [0, 0.05) is 10.9 Å². The predicted octanol–water partition coefficient (Wildman–Crippen LogP) is 20.5. The number of hydrogen-bond acceptors (Lipinski definition) is 6. The molecule has 0 N–H and O–H groups in total. The number of pyridine rings is 1. The summed E-state index contributed by atoms with van der Waals surface area (Å²) in [6.45, 7) is 18.3. The molecule has 0 bridgehead atoms. The molecule has 0 radical (unpaired) electrons. The zero-order valence-corrected chi connectivity index (χ0v) is 46.8. The van der Waals surface area contributed by atoms with E-state index < -0.39 is 0 Å². The zero-order valence-electron chi connectivity index (χ0n) is 46.8. The molecule has 9 aromatic carbocycles. The monoisotopic (exact) mass is 1060 g/mol. The maximum Gasteiger partial charge on any atom is 0.228 e. The molecule has 0 unspecified atom stereocenters. The SMILES string of the molecule is CC(C)c1cc(-c2ccccc2)cc(C(C)C)c1-n1c(-c2cccc(Oc3cc(-c4nc5ccccc5n4-c4c(C(C)C)cc(-c5ccccc5)cc4C(C)C)c4oc5cc6c(nc5c4c3)oc3ccccc36)c2)nc2ccccc21. The highest BCUT2D eigenvalue weighted by molar-refractivity contribution is 6.14. The molecule has 0 saturated heterocycles. The molecule has 0 aliphatic carbocycles. The van der Waals surface area contributed by atoms with Crippen LogP contribution in [0.25, 0.3) is 123 Å². The van der Waals surface area contributed by atoms with Gasteiger partial charge in [-0.15, -0.1) is 0 Å². The van der Waals surface area contributed by atoms with E-state index in [0.29, 0.717) is 33.9 Å². The van der Waals surface area contributed by atoms with Gasteiger partial charge in [0.1, 0.15) is 39.8 Å². The molecule has 14 rings (SSSR count). The summed E-state index contributed by atoms with van der Waals surface area (Å²) in [5.74, 6) is 3.62. The normalized spacial score (nSPS) is 12.1. The van der Waals surface area contributed by atoms with E-state index in [-0.39, 0.29) is 23.7 Å². The molecular weight excluding hydrogens is 995 g/mol. The molecule has 81 heavy (non-hydrogen) atoms. The molecule has 0 atom stereocenters. The Kier molecular flexibility index (Phi) is 12.1. The molecule has 0 spiro atoms. The highest BCUT2D eigenvalue weighted by atomic mass is 16.5. The molecule has 5 heterocycles. The molecule has 0 saturated carbocycles. The Bertz CT molecular complexity index is 4690. The first-order valence-corrected chi connectivity index (χ1v) is 28.3. The standard InChI is InChI=1S/C73H61N5O3/c1-42(2)54-35-49(46-22-11-9-12-23-46)36-55(43(3)4)68(54)77-63-31-18-16-29-61(63)74-71(77)48-26-21-27-51(34-48)79-52-39-59-67-66(41-58-53-28-15-20-33-65(53)81-73(58)76-67)80-70(59)60(40-52)72-75-62-30-17-19-32-64(62)78(72)69-56(44(5)6)37-50(38-57(69)45(7)8)47-24-13-10-14-25-47/h9-45H,1-8H3. The molecule has 0 amide bonds. The van der Waals surface area contributed by atoms with Crippen molar-refractivity contribution < 1.29 is 13.6 Å². The van der Waals surface area contributed by atoms with E-state index in [2.05, 4.69) is 234 Å². The highest BCUT2D eigenvalue weighted by Gasteiger charge is 2.29. The second-order valence-electron chi connectivity index (χ2n) is 22.7. The largest absolute Gasteiger partial charge is 0.457 e. The number of imidazole rings is 2. The van der Waals surface area contributed by atoms with Gasteiger partial charge in [0.05, 0.1) is 49.8 Å². The summed E-state index contributed by atoms with van der Waals surface area (Å²) in [6.07, 6.45) is 0. The van der Waals surface area contributed by atoms with Crippen molar-refractivity contribution in [2.75, 3.05) is 0 Å². The van der Waals surface area contributed by atoms with E-state index in [1.54, 1.807) is 0 Å². The number of hydrogen-bond donors (Lipinski definition) is 0. The average molecular weight is 1060 g/mol. The van der Waals surface area contributed by atoms with E-state index in [4.69, 9.17) is 28.5 Å². The number of fused-ring (bicyclic) bond motifs is 8. The van der Waals surface area contributed by atoms with Crippen LogP contribution in [-0.4, -0.2) is 24.1 Å². The van der Waals surface area contributed by atoms with Crippen LogP contribution < -0.4 is 4.74 Å². The molecule has 0 aliphatic rings. The molecule has 8 heteroatoms.